The molecule has 0 radical (unpaired) electrons. The van der Waals surface area contributed by atoms with Crippen molar-refractivity contribution in [3.05, 3.63) is 41.0 Å². The molecule has 7 heteroatoms. The Morgan fingerprint density at radius 3 is 2.33 bits per heavy atom. The van der Waals surface area contributed by atoms with E-state index in [0.29, 0.717) is 5.56 Å². The lowest BCUT2D eigenvalue weighted by Gasteiger charge is -2.31. The number of urea groups is 1. The van der Waals surface area contributed by atoms with Crippen LogP contribution in [0.15, 0.2) is 29.8 Å². The Labute approximate surface area is 137 Å². The number of nitrogens with one attached hydrogen (secondary N) is 1. The topological polar surface area (TPSA) is 107 Å². The summed E-state index contributed by atoms with van der Waals surface area (Å²) in [7, 11) is 0. The second kappa shape index (κ2) is 6.27. The lowest BCUT2D eigenvalue weighted by molar-refractivity contribution is -0.255. The van der Waals surface area contributed by atoms with Gasteiger partial charge in [0.05, 0.1) is 5.97 Å². The SMILES string of the molecule is O=C1NC(=O)N(C2CCCC2)C(=O)/C1=C/c1ccc(C(=O)[O-])cc1. The Hall–Kier alpha value is -2.96. The fourth-order valence-corrected chi connectivity index (χ4v) is 3.05. The Morgan fingerprint density at radius 1 is 1.12 bits per heavy atom. The first kappa shape index (κ1) is 15.9. The Kier molecular flexibility index (Phi) is 4.16. The summed E-state index contributed by atoms with van der Waals surface area (Å²) in [5.41, 5.74) is 0.348. The van der Waals surface area contributed by atoms with Crippen LogP contribution in [0, 0.1) is 0 Å². The minimum absolute atomic E-state index is 0.000618. The van der Waals surface area contributed by atoms with Crippen LogP contribution in [0.2, 0.25) is 0 Å². The number of carboxylic acids is 1. The van der Waals surface area contributed by atoms with Gasteiger partial charge in [0.1, 0.15) is 5.57 Å². The van der Waals surface area contributed by atoms with E-state index in [4.69, 9.17) is 0 Å². The molecule has 124 valence electrons. The molecule has 1 N–H and O–H groups in total. The van der Waals surface area contributed by atoms with E-state index in [1.165, 1.54) is 30.3 Å². The van der Waals surface area contributed by atoms with Crippen LogP contribution in [0.1, 0.15) is 41.6 Å². The highest BCUT2D eigenvalue weighted by atomic mass is 16.4. The first-order chi connectivity index (χ1) is 11.5. The van der Waals surface area contributed by atoms with Crippen LogP contribution in [0.3, 0.4) is 0 Å². The van der Waals surface area contributed by atoms with E-state index in [0.717, 1.165) is 30.6 Å². The van der Waals surface area contributed by atoms with E-state index in [1.807, 2.05) is 0 Å². The summed E-state index contributed by atoms with van der Waals surface area (Å²) in [5.74, 6) is -2.67. The number of carbonyl (C=O) groups excluding carboxylic acids is 4. The standard InChI is InChI=1S/C17H16N2O5/c20-14-13(9-10-5-7-11(8-6-10)16(22)23)15(21)19(17(24)18-14)12-3-1-2-4-12/h5-9,12H,1-4H2,(H,22,23)(H,18,20,24)/p-1/b13-9+. The molecule has 1 saturated carbocycles. The fourth-order valence-electron chi connectivity index (χ4n) is 3.05. The van der Waals surface area contributed by atoms with Crippen molar-refractivity contribution in [3.8, 4) is 0 Å². The van der Waals surface area contributed by atoms with Gasteiger partial charge in [-0.05, 0) is 30.0 Å². The van der Waals surface area contributed by atoms with Crippen molar-refractivity contribution >= 4 is 29.9 Å². The van der Waals surface area contributed by atoms with Gasteiger partial charge in [-0.1, -0.05) is 37.1 Å². The molecule has 0 unspecified atom stereocenters. The van der Waals surface area contributed by atoms with E-state index in [-0.39, 0.29) is 17.2 Å². The molecule has 2 fully saturated rings. The molecule has 0 bridgehead atoms. The molecule has 2 aliphatic rings. The molecule has 0 aromatic heterocycles. The number of nitrogens with zero attached hydrogens (tertiary/aromatic N) is 1. The van der Waals surface area contributed by atoms with Gasteiger partial charge in [-0.25, -0.2) is 4.79 Å². The lowest BCUT2D eigenvalue weighted by atomic mass is 10.0. The molecule has 7 nitrogen and oxygen atoms in total. The zero-order valence-corrected chi connectivity index (χ0v) is 12.8. The van der Waals surface area contributed by atoms with Crippen LogP contribution < -0.4 is 10.4 Å². The van der Waals surface area contributed by atoms with Crippen molar-refractivity contribution in [1.82, 2.24) is 10.2 Å². The molecule has 3 rings (SSSR count). The molecule has 0 spiro atoms. The van der Waals surface area contributed by atoms with Crippen LogP contribution in [0.25, 0.3) is 6.08 Å². The molecular weight excluding hydrogens is 312 g/mol. The molecular formula is C17H15N2O5-. The summed E-state index contributed by atoms with van der Waals surface area (Å²) in [6.45, 7) is 0. The van der Waals surface area contributed by atoms with Crippen molar-refractivity contribution in [2.45, 2.75) is 31.7 Å². The average Bonchev–Trinajstić information content (AvgIpc) is 3.05. The third-order valence-electron chi connectivity index (χ3n) is 4.28. The number of hydrogen-bond acceptors (Lipinski definition) is 5. The maximum atomic E-state index is 12.6. The van der Waals surface area contributed by atoms with Crippen molar-refractivity contribution < 1.29 is 24.3 Å². The van der Waals surface area contributed by atoms with E-state index in [1.54, 1.807) is 0 Å². The van der Waals surface area contributed by atoms with Gasteiger partial charge < -0.3 is 9.90 Å². The van der Waals surface area contributed by atoms with Crippen LogP contribution in [0.5, 0.6) is 0 Å². The average molecular weight is 327 g/mol. The van der Waals surface area contributed by atoms with Gasteiger partial charge in [0.2, 0.25) is 0 Å². The molecule has 1 saturated heterocycles. The monoisotopic (exact) mass is 327 g/mol. The number of amides is 4. The van der Waals surface area contributed by atoms with E-state index in [9.17, 15) is 24.3 Å². The summed E-state index contributed by atoms with van der Waals surface area (Å²) in [4.78, 5) is 48.4. The Morgan fingerprint density at radius 2 is 1.75 bits per heavy atom. The number of carbonyl (C=O) groups is 4. The highest BCUT2D eigenvalue weighted by molar-refractivity contribution is 6.31. The van der Waals surface area contributed by atoms with Crippen molar-refractivity contribution in [3.63, 3.8) is 0 Å². The van der Waals surface area contributed by atoms with Gasteiger partial charge in [-0.15, -0.1) is 0 Å². The Balaban J connectivity index is 1.90. The van der Waals surface area contributed by atoms with Gasteiger partial charge in [0, 0.05) is 6.04 Å². The number of aromatic carboxylic acids is 1. The van der Waals surface area contributed by atoms with Crippen LogP contribution in [-0.2, 0) is 9.59 Å². The van der Waals surface area contributed by atoms with E-state index < -0.39 is 23.8 Å². The number of carboxylic acid groups (broad SMARTS) is 1. The number of rotatable bonds is 3. The first-order valence-corrected chi connectivity index (χ1v) is 7.69. The number of hydrogen-bond donors (Lipinski definition) is 1. The van der Waals surface area contributed by atoms with Gasteiger partial charge in [0.15, 0.2) is 0 Å². The quantitative estimate of drug-likeness (QED) is 0.641. The van der Waals surface area contributed by atoms with Crippen molar-refractivity contribution in [2.75, 3.05) is 0 Å². The summed E-state index contributed by atoms with van der Waals surface area (Å²) < 4.78 is 0. The highest BCUT2D eigenvalue weighted by Crippen LogP contribution is 2.27. The van der Waals surface area contributed by atoms with Gasteiger partial charge >= 0.3 is 6.03 Å². The first-order valence-electron chi connectivity index (χ1n) is 7.69. The molecule has 1 aliphatic heterocycles. The summed E-state index contributed by atoms with van der Waals surface area (Å²) in [6.07, 6.45) is 4.71. The predicted molar refractivity (Wildman–Crippen MR) is 81.4 cm³/mol. The normalized spacial score (nSPS) is 20.6. The van der Waals surface area contributed by atoms with Crippen LogP contribution >= 0.6 is 0 Å². The largest absolute Gasteiger partial charge is 0.545 e. The predicted octanol–water partition coefficient (Wildman–Crippen LogP) is 0.454. The summed E-state index contributed by atoms with van der Waals surface area (Å²) in [6, 6.07) is 4.72. The third-order valence-corrected chi connectivity index (χ3v) is 4.28. The molecule has 1 heterocycles. The zero-order chi connectivity index (χ0) is 17.3. The number of barbiturate groups is 1. The van der Waals surface area contributed by atoms with E-state index in [2.05, 4.69) is 5.32 Å². The Bertz CT molecular complexity index is 745. The second-order valence-electron chi connectivity index (χ2n) is 5.84. The molecule has 1 aromatic carbocycles. The maximum absolute atomic E-state index is 12.6. The lowest BCUT2D eigenvalue weighted by Crippen LogP contribution is -2.57. The minimum Gasteiger partial charge on any atom is -0.545 e. The summed E-state index contributed by atoms with van der Waals surface area (Å²) in [5, 5.41) is 12.9. The molecule has 4 amide bonds. The van der Waals surface area contributed by atoms with Gasteiger partial charge in [0.25, 0.3) is 11.8 Å². The second-order valence-corrected chi connectivity index (χ2v) is 5.84. The molecule has 1 aromatic rings. The van der Waals surface area contributed by atoms with Crippen molar-refractivity contribution in [1.29, 1.82) is 0 Å². The van der Waals surface area contributed by atoms with Crippen LogP contribution in [0.4, 0.5) is 4.79 Å². The number of benzene rings is 1. The third kappa shape index (κ3) is 2.92. The molecule has 1 aliphatic carbocycles. The van der Waals surface area contributed by atoms with Crippen LogP contribution in [-0.4, -0.2) is 34.8 Å². The van der Waals surface area contributed by atoms with E-state index >= 15 is 0 Å². The van der Waals surface area contributed by atoms with Crippen molar-refractivity contribution in [2.24, 2.45) is 0 Å². The van der Waals surface area contributed by atoms with Gasteiger partial charge in [-0.3, -0.25) is 19.8 Å². The summed E-state index contributed by atoms with van der Waals surface area (Å²) >= 11 is 0. The maximum Gasteiger partial charge on any atom is 0.331 e. The fraction of sp³-hybridized carbons (Fsp3) is 0.294. The van der Waals surface area contributed by atoms with Gasteiger partial charge in [-0.2, -0.15) is 0 Å². The highest BCUT2D eigenvalue weighted by Gasteiger charge is 2.40. The molecule has 0 atom stereocenters. The zero-order valence-electron chi connectivity index (χ0n) is 12.8. The number of imide groups is 2. The molecule has 24 heavy (non-hydrogen) atoms. The smallest absolute Gasteiger partial charge is 0.331 e. The minimum atomic E-state index is -1.31.